The van der Waals surface area contributed by atoms with E-state index in [1.165, 1.54) is 6.26 Å². The standard InChI is InChI=1S/C15H13NO2S/c1-12-4-3-11-16-15(12)10-7-13-5-8-14(9-6-13)19(2,17)18/h3-6,8-9,11H,1-2H3. The van der Waals surface area contributed by atoms with Gasteiger partial charge in [-0.15, -0.1) is 0 Å². The summed E-state index contributed by atoms with van der Waals surface area (Å²) in [7, 11) is -3.15. The maximum absolute atomic E-state index is 11.3. The van der Waals surface area contributed by atoms with E-state index >= 15 is 0 Å². The van der Waals surface area contributed by atoms with Crippen molar-refractivity contribution in [3.05, 3.63) is 59.4 Å². The van der Waals surface area contributed by atoms with Gasteiger partial charge in [0, 0.05) is 18.0 Å². The molecule has 0 bridgehead atoms. The molecule has 4 heteroatoms. The first-order valence-electron chi connectivity index (χ1n) is 5.70. The van der Waals surface area contributed by atoms with E-state index in [1.807, 2.05) is 19.1 Å². The van der Waals surface area contributed by atoms with Gasteiger partial charge in [0.25, 0.3) is 0 Å². The Kier molecular flexibility index (Phi) is 3.68. The van der Waals surface area contributed by atoms with Gasteiger partial charge in [0.1, 0.15) is 5.69 Å². The maximum Gasteiger partial charge on any atom is 0.175 e. The predicted octanol–water partition coefficient (Wildman–Crippen LogP) is 2.19. The van der Waals surface area contributed by atoms with Gasteiger partial charge in [-0.05, 0) is 48.7 Å². The van der Waals surface area contributed by atoms with E-state index in [9.17, 15) is 8.42 Å². The lowest BCUT2D eigenvalue weighted by atomic mass is 10.2. The summed E-state index contributed by atoms with van der Waals surface area (Å²) >= 11 is 0. The highest BCUT2D eigenvalue weighted by Crippen LogP contribution is 2.09. The molecular weight excluding hydrogens is 258 g/mol. The number of sulfone groups is 1. The third kappa shape index (κ3) is 3.43. The molecule has 0 aliphatic heterocycles. The highest BCUT2D eigenvalue weighted by Gasteiger charge is 2.05. The second kappa shape index (κ2) is 5.25. The van der Waals surface area contributed by atoms with E-state index in [0.717, 1.165) is 16.8 Å². The lowest BCUT2D eigenvalue weighted by molar-refractivity contribution is 0.602. The number of hydrogen-bond donors (Lipinski definition) is 0. The molecule has 0 amide bonds. The van der Waals surface area contributed by atoms with E-state index in [2.05, 4.69) is 16.8 Å². The molecule has 0 aliphatic rings. The van der Waals surface area contributed by atoms with Crippen LogP contribution >= 0.6 is 0 Å². The zero-order chi connectivity index (χ0) is 13.9. The molecule has 0 saturated carbocycles. The molecule has 0 unspecified atom stereocenters. The van der Waals surface area contributed by atoms with Crippen LogP contribution in [0.1, 0.15) is 16.8 Å². The van der Waals surface area contributed by atoms with Crippen molar-refractivity contribution in [1.82, 2.24) is 4.98 Å². The van der Waals surface area contributed by atoms with Crippen molar-refractivity contribution in [1.29, 1.82) is 0 Å². The molecule has 0 aliphatic carbocycles. The Morgan fingerprint density at radius 1 is 1.05 bits per heavy atom. The van der Waals surface area contributed by atoms with Crippen molar-refractivity contribution in [2.75, 3.05) is 6.26 Å². The van der Waals surface area contributed by atoms with Crippen LogP contribution in [0.3, 0.4) is 0 Å². The summed E-state index contributed by atoms with van der Waals surface area (Å²) in [4.78, 5) is 4.48. The van der Waals surface area contributed by atoms with Crippen LogP contribution < -0.4 is 0 Å². The van der Waals surface area contributed by atoms with Crippen LogP contribution in [0.5, 0.6) is 0 Å². The summed E-state index contributed by atoms with van der Waals surface area (Å²) < 4.78 is 22.6. The van der Waals surface area contributed by atoms with Gasteiger partial charge < -0.3 is 0 Å². The fourth-order valence-electron chi connectivity index (χ4n) is 1.53. The molecule has 2 rings (SSSR count). The largest absolute Gasteiger partial charge is 0.248 e. The van der Waals surface area contributed by atoms with Crippen molar-refractivity contribution in [2.45, 2.75) is 11.8 Å². The lowest BCUT2D eigenvalue weighted by Gasteiger charge is -1.97. The Bertz CT molecular complexity index is 751. The Morgan fingerprint density at radius 3 is 2.32 bits per heavy atom. The van der Waals surface area contributed by atoms with E-state index in [-0.39, 0.29) is 0 Å². The zero-order valence-electron chi connectivity index (χ0n) is 10.7. The average Bonchev–Trinajstić information content (AvgIpc) is 2.37. The highest BCUT2D eigenvalue weighted by atomic mass is 32.2. The zero-order valence-corrected chi connectivity index (χ0v) is 11.5. The molecule has 19 heavy (non-hydrogen) atoms. The van der Waals surface area contributed by atoms with E-state index in [4.69, 9.17) is 0 Å². The number of rotatable bonds is 1. The Morgan fingerprint density at radius 2 is 1.74 bits per heavy atom. The molecule has 96 valence electrons. The summed E-state index contributed by atoms with van der Waals surface area (Å²) in [6.45, 7) is 1.95. The number of benzene rings is 1. The molecule has 0 fully saturated rings. The molecule has 1 aromatic carbocycles. The maximum atomic E-state index is 11.3. The smallest absolute Gasteiger partial charge is 0.175 e. The third-order valence-corrected chi connectivity index (χ3v) is 3.75. The molecule has 0 spiro atoms. The molecule has 0 radical (unpaired) electrons. The van der Waals surface area contributed by atoms with Gasteiger partial charge in [-0.1, -0.05) is 12.0 Å². The fourth-order valence-corrected chi connectivity index (χ4v) is 2.16. The molecule has 3 nitrogen and oxygen atoms in total. The van der Waals surface area contributed by atoms with Gasteiger partial charge in [-0.2, -0.15) is 0 Å². The first-order chi connectivity index (χ1) is 8.97. The van der Waals surface area contributed by atoms with Gasteiger partial charge in [0.15, 0.2) is 9.84 Å². The van der Waals surface area contributed by atoms with Crippen LogP contribution in [0.2, 0.25) is 0 Å². The number of nitrogens with zero attached hydrogens (tertiary/aromatic N) is 1. The van der Waals surface area contributed by atoms with Crippen LogP contribution in [-0.4, -0.2) is 19.7 Å². The minimum absolute atomic E-state index is 0.298. The summed E-state index contributed by atoms with van der Waals surface area (Å²) in [6.07, 6.45) is 2.88. The number of aromatic nitrogens is 1. The minimum Gasteiger partial charge on any atom is -0.248 e. The van der Waals surface area contributed by atoms with Gasteiger partial charge in [0.2, 0.25) is 0 Å². The van der Waals surface area contributed by atoms with Gasteiger partial charge in [-0.3, -0.25) is 0 Å². The summed E-state index contributed by atoms with van der Waals surface area (Å²) in [5.41, 5.74) is 2.51. The minimum atomic E-state index is -3.15. The molecule has 0 saturated heterocycles. The van der Waals surface area contributed by atoms with Crippen molar-refractivity contribution in [3.8, 4) is 11.8 Å². The van der Waals surface area contributed by atoms with Crippen molar-refractivity contribution >= 4 is 9.84 Å². The first-order valence-corrected chi connectivity index (χ1v) is 7.60. The number of hydrogen-bond acceptors (Lipinski definition) is 3. The van der Waals surface area contributed by atoms with Crippen LogP contribution in [0.15, 0.2) is 47.5 Å². The predicted molar refractivity (Wildman–Crippen MR) is 74.5 cm³/mol. The number of aryl methyl sites for hydroxylation is 1. The molecule has 2 aromatic rings. The van der Waals surface area contributed by atoms with Gasteiger partial charge >= 0.3 is 0 Å². The van der Waals surface area contributed by atoms with Crippen LogP contribution in [0, 0.1) is 18.8 Å². The van der Waals surface area contributed by atoms with Gasteiger partial charge in [0.05, 0.1) is 4.90 Å². The molecule has 0 N–H and O–H groups in total. The molecule has 0 atom stereocenters. The normalized spacial score (nSPS) is 10.6. The Hall–Kier alpha value is -2.12. The lowest BCUT2D eigenvalue weighted by Crippen LogP contribution is -1.96. The van der Waals surface area contributed by atoms with Crippen LogP contribution in [0.25, 0.3) is 0 Å². The van der Waals surface area contributed by atoms with Crippen molar-refractivity contribution in [3.63, 3.8) is 0 Å². The average molecular weight is 271 g/mol. The molecule has 1 aromatic heterocycles. The summed E-state index contributed by atoms with van der Waals surface area (Å²) in [5, 5.41) is 0. The Labute approximate surface area is 113 Å². The quantitative estimate of drug-likeness (QED) is 0.747. The van der Waals surface area contributed by atoms with Crippen molar-refractivity contribution < 1.29 is 8.42 Å². The topological polar surface area (TPSA) is 47.0 Å². The van der Waals surface area contributed by atoms with Crippen LogP contribution in [-0.2, 0) is 9.84 Å². The summed E-state index contributed by atoms with van der Waals surface area (Å²) in [5.74, 6) is 5.95. The second-order valence-corrected chi connectivity index (χ2v) is 6.23. The monoisotopic (exact) mass is 271 g/mol. The third-order valence-electron chi connectivity index (χ3n) is 2.62. The van der Waals surface area contributed by atoms with Crippen LogP contribution in [0.4, 0.5) is 0 Å². The SMILES string of the molecule is Cc1cccnc1C#Cc1ccc(S(C)(=O)=O)cc1. The molecule has 1 heterocycles. The second-order valence-electron chi connectivity index (χ2n) is 4.22. The first kappa shape index (κ1) is 13.3. The fraction of sp³-hybridized carbons (Fsp3) is 0.133. The van der Waals surface area contributed by atoms with E-state index < -0.39 is 9.84 Å². The van der Waals surface area contributed by atoms with Crippen molar-refractivity contribution in [2.24, 2.45) is 0 Å². The van der Waals surface area contributed by atoms with E-state index in [1.54, 1.807) is 30.5 Å². The van der Waals surface area contributed by atoms with Gasteiger partial charge in [-0.25, -0.2) is 13.4 Å². The Balaban J connectivity index is 2.29. The number of pyridine rings is 1. The highest BCUT2D eigenvalue weighted by molar-refractivity contribution is 7.90. The summed E-state index contributed by atoms with van der Waals surface area (Å²) in [6, 6.07) is 10.3. The van der Waals surface area contributed by atoms with E-state index in [0.29, 0.717) is 4.90 Å². The molecular formula is C15H13NO2S.